The van der Waals surface area contributed by atoms with Crippen molar-refractivity contribution in [3.05, 3.63) is 107 Å². The lowest BCUT2D eigenvalue weighted by Gasteiger charge is -2.35. The van der Waals surface area contributed by atoms with Crippen LogP contribution in [0, 0.1) is 0 Å². The molecule has 5 rings (SSSR count). The van der Waals surface area contributed by atoms with Gasteiger partial charge < -0.3 is 29.2 Å². The van der Waals surface area contributed by atoms with Gasteiger partial charge in [0.1, 0.15) is 24.1 Å². The Labute approximate surface area is 316 Å². The summed E-state index contributed by atoms with van der Waals surface area (Å²) in [5.74, 6) is 0.111. The number of carbonyl (C=O) groups excluding carboxylic acids is 2. The van der Waals surface area contributed by atoms with Crippen molar-refractivity contribution < 1.29 is 37.0 Å². The number of anilines is 1. The van der Waals surface area contributed by atoms with Crippen LogP contribution in [0.1, 0.15) is 43.2 Å². The number of halogens is 1. The Kier molecular flexibility index (Phi) is 13.5. The van der Waals surface area contributed by atoms with Crippen molar-refractivity contribution in [2.45, 2.75) is 62.0 Å². The predicted octanol–water partition coefficient (Wildman–Crippen LogP) is 6.66. The molecule has 1 fully saturated rings. The van der Waals surface area contributed by atoms with Crippen molar-refractivity contribution >= 4 is 39.1 Å². The third-order valence-electron chi connectivity index (χ3n) is 9.37. The van der Waals surface area contributed by atoms with Gasteiger partial charge in [0.25, 0.3) is 10.0 Å². The van der Waals surface area contributed by atoms with Crippen LogP contribution in [0.4, 0.5) is 5.69 Å². The standard InChI is InChI=1S/C40H46ClN3O8S/c1-49-32-19-21-36(50-2)34(24-32)44(53(47,48)33-20-22-37(51-3)38(25-33)52-4)27-39(45)43(26-29-15-17-30(41)18-16-29)35(23-28-11-7-5-8-12-28)40(46)42-31-13-9-6-10-14-31/h5,7-8,11-12,15-22,24-25,31,35H,6,9-10,13-14,23,26-27H2,1-4H3,(H,42,46)/t35-/m0/s1. The second kappa shape index (κ2) is 18.2. The average molecular weight is 764 g/mol. The maximum atomic E-state index is 15.0. The molecule has 1 aliphatic carbocycles. The molecule has 0 aliphatic heterocycles. The first kappa shape index (κ1) is 39.3. The van der Waals surface area contributed by atoms with Crippen LogP contribution in [-0.4, -0.2) is 72.2 Å². The topological polar surface area (TPSA) is 124 Å². The minimum Gasteiger partial charge on any atom is -0.497 e. The van der Waals surface area contributed by atoms with Crippen LogP contribution < -0.4 is 28.6 Å². The summed E-state index contributed by atoms with van der Waals surface area (Å²) in [6, 6.07) is 24.3. The van der Waals surface area contributed by atoms with Crippen molar-refractivity contribution in [1.29, 1.82) is 0 Å². The summed E-state index contributed by atoms with van der Waals surface area (Å²) in [4.78, 5) is 30.7. The lowest BCUT2D eigenvalue weighted by molar-refractivity contribution is -0.140. The molecule has 4 aromatic rings. The van der Waals surface area contributed by atoms with Gasteiger partial charge in [-0.2, -0.15) is 0 Å². The molecule has 11 nitrogen and oxygen atoms in total. The summed E-state index contributed by atoms with van der Waals surface area (Å²) < 4.78 is 52.3. The van der Waals surface area contributed by atoms with Crippen molar-refractivity contribution in [2.24, 2.45) is 0 Å². The molecule has 0 spiro atoms. The van der Waals surface area contributed by atoms with Gasteiger partial charge >= 0.3 is 0 Å². The first-order chi connectivity index (χ1) is 25.6. The third-order valence-corrected chi connectivity index (χ3v) is 11.4. The Morgan fingerprint density at radius 2 is 1.43 bits per heavy atom. The van der Waals surface area contributed by atoms with E-state index < -0.39 is 28.5 Å². The van der Waals surface area contributed by atoms with E-state index in [1.165, 1.54) is 57.6 Å². The van der Waals surface area contributed by atoms with E-state index in [0.717, 1.165) is 42.0 Å². The van der Waals surface area contributed by atoms with Crippen molar-refractivity contribution in [3.63, 3.8) is 0 Å². The van der Waals surface area contributed by atoms with Gasteiger partial charge in [0, 0.05) is 36.2 Å². The van der Waals surface area contributed by atoms with E-state index in [9.17, 15) is 18.0 Å². The number of hydrogen-bond donors (Lipinski definition) is 1. The molecule has 1 saturated carbocycles. The molecule has 0 aromatic heterocycles. The van der Waals surface area contributed by atoms with Gasteiger partial charge in [-0.25, -0.2) is 8.42 Å². The Morgan fingerprint density at radius 1 is 0.774 bits per heavy atom. The predicted molar refractivity (Wildman–Crippen MR) is 205 cm³/mol. The Hall–Kier alpha value is -4.94. The number of sulfonamides is 1. The van der Waals surface area contributed by atoms with Crippen LogP contribution >= 0.6 is 11.6 Å². The van der Waals surface area contributed by atoms with Gasteiger partial charge in [0.15, 0.2) is 11.5 Å². The Morgan fingerprint density at radius 3 is 2.08 bits per heavy atom. The van der Waals surface area contributed by atoms with E-state index in [1.807, 2.05) is 30.3 Å². The fraction of sp³-hybridized carbons (Fsp3) is 0.350. The summed E-state index contributed by atoms with van der Waals surface area (Å²) >= 11 is 6.22. The average Bonchev–Trinajstić information content (AvgIpc) is 3.18. The van der Waals surface area contributed by atoms with Gasteiger partial charge in [-0.05, 0) is 60.4 Å². The monoisotopic (exact) mass is 763 g/mol. The van der Waals surface area contributed by atoms with Crippen molar-refractivity contribution in [1.82, 2.24) is 10.2 Å². The van der Waals surface area contributed by atoms with E-state index in [-0.39, 0.29) is 47.0 Å². The zero-order chi connectivity index (χ0) is 38.0. The van der Waals surface area contributed by atoms with E-state index >= 15 is 0 Å². The highest BCUT2D eigenvalue weighted by Crippen LogP contribution is 2.38. The fourth-order valence-corrected chi connectivity index (χ4v) is 8.05. The molecule has 1 aliphatic rings. The van der Waals surface area contributed by atoms with E-state index in [2.05, 4.69) is 5.32 Å². The number of hydrogen-bond acceptors (Lipinski definition) is 8. The van der Waals surface area contributed by atoms with Crippen molar-refractivity contribution in [3.8, 4) is 23.0 Å². The van der Waals surface area contributed by atoms with Gasteiger partial charge in [0.05, 0.1) is 39.0 Å². The molecule has 1 N–H and O–H groups in total. The van der Waals surface area contributed by atoms with Crippen LogP contribution in [0.15, 0.2) is 95.9 Å². The quantitative estimate of drug-likeness (QED) is 0.135. The molecule has 0 heterocycles. The smallest absolute Gasteiger partial charge is 0.265 e. The molecule has 1 atom stereocenters. The molecule has 0 unspecified atom stereocenters. The minimum absolute atomic E-state index is 0.00504. The summed E-state index contributed by atoms with van der Waals surface area (Å²) in [5.41, 5.74) is 1.61. The van der Waals surface area contributed by atoms with Crippen molar-refractivity contribution in [2.75, 3.05) is 39.3 Å². The second-order valence-electron chi connectivity index (χ2n) is 12.8. The van der Waals surface area contributed by atoms with Crippen LogP contribution in [0.2, 0.25) is 5.02 Å². The summed E-state index contributed by atoms with van der Waals surface area (Å²) in [7, 11) is 1.21. The van der Waals surface area contributed by atoms with E-state index in [0.29, 0.717) is 22.1 Å². The van der Waals surface area contributed by atoms with E-state index in [4.69, 9.17) is 30.5 Å². The van der Waals surface area contributed by atoms with Crippen LogP contribution in [0.25, 0.3) is 0 Å². The Balaban J connectivity index is 1.63. The molecule has 0 saturated heterocycles. The highest BCUT2D eigenvalue weighted by molar-refractivity contribution is 7.92. The summed E-state index contributed by atoms with van der Waals surface area (Å²) in [5, 5.41) is 3.73. The zero-order valence-electron chi connectivity index (χ0n) is 30.4. The van der Waals surface area contributed by atoms with Crippen LogP contribution in [-0.2, 0) is 32.6 Å². The fourth-order valence-electron chi connectivity index (χ4n) is 6.49. The summed E-state index contributed by atoms with van der Waals surface area (Å²) in [6.45, 7) is -0.680. The molecule has 0 bridgehead atoms. The number of nitrogens with one attached hydrogen (secondary N) is 1. The first-order valence-corrected chi connectivity index (χ1v) is 19.2. The first-order valence-electron chi connectivity index (χ1n) is 17.4. The number of benzene rings is 4. The number of nitrogens with zero attached hydrogens (tertiary/aromatic N) is 2. The molecule has 2 amide bonds. The van der Waals surface area contributed by atoms with Crippen LogP contribution in [0.5, 0.6) is 23.0 Å². The Bertz CT molecular complexity index is 1950. The lowest BCUT2D eigenvalue weighted by atomic mass is 9.94. The molecular formula is C40H46ClN3O8S. The largest absolute Gasteiger partial charge is 0.497 e. The van der Waals surface area contributed by atoms with E-state index in [1.54, 1.807) is 36.4 Å². The highest BCUT2D eigenvalue weighted by atomic mass is 35.5. The molecule has 53 heavy (non-hydrogen) atoms. The SMILES string of the molecule is COc1ccc(OC)c(N(CC(=O)N(Cc2ccc(Cl)cc2)[C@@H](Cc2ccccc2)C(=O)NC2CCCCC2)S(=O)(=O)c2ccc(OC)c(OC)c2)c1. The maximum absolute atomic E-state index is 15.0. The second-order valence-corrected chi connectivity index (χ2v) is 15.1. The summed E-state index contributed by atoms with van der Waals surface area (Å²) in [6.07, 6.45) is 5.02. The third kappa shape index (κ3) is 9.74. The molecule has 0 radical (unpaired) electrons. The minimum atomic E-state index is -4.51. The van der Waals surface area contributed by atoms with Gasteiger partial charge in [-0.15, -0.1) is 0 Å². The van der Waals surface area contributed by atoms with Crippen LogP contribution in [0.3, 0.4) is 0 Å². The highest BCUT2D eigenvalue weighted by Gasteiger charge is 2.37. The molecular weight excluding hydrogens is 718 g/mol. The number of rotatable bonds is 16. The number of amides is 2. The molecule has 13 heteroatoms. The number of ether oxygens (including phenoxy) is 4. The zero-order valence-corrected chi connectivity index (χ0v) is 32.0. The van der Waals surface area contributed by atoms with Gasteiger partial charge in [0.2, 0.25) is 11.8 Å². The normalized spacial score (nSPS) is 13.8. The molecule has 282 valence electrons. The number of methoxy groups -OCH3 is 4. The molecule has 4 aromatic carbocycles. The maximum Gasteiger partial charge on any atom is 0.265 e. The van der Waals surface area contributed by atoms with Gasteiger partial charge in [-0.1, -0.05) is 73.3 Å². The number of carbonyl (C=O) groups is 2. The van der Waals surface area contributed by atoms with Gasteiger partial charge in [-0.3, -0.25) is 13.9 Å². The lowest BCUT2D eigenvalue weighted by Crippen LogP contribution is -2.55.